The normalized spacial score (nSPS) is 12.4. The van der Waals surface area contributed by atoms with Gasteiger partial charge in [0.2, 0.25) is 0 Å². The summed E-state index contributed by atoms with van der Waals surface area (Å²) in [7, 11) is 1.91. The van der Waals surface area contributed by atoms with E-state index in [2.05, 4.69) is 11.9 Å². The molecule has 0 saturated carbocycles. The molecular formula is C13H18FN. The largest absolute Gasteiger partial charge is 0.313 e. The van der Waals surface area contributed by atoms with Gasteiger partial charge in [-0.05, 0) is 44.0 Å². The van der Waals surface area contributed by atoms with Crippen molar-refractivity contribution in [2.45, 2.75) is 25.3 Å². The first kappa shape index (κ1) is 11.9. The number of hydrogen-bond acceptors (Lipinski definition) is 1. The molecule has 0 fully saturated rings. The minimum atomic E-state index is -0.170. The van der Waals surface area contributed by atoms with Crippen molar-refractivity contribution in [1.29, 1.82) is 0 Å². The maximum absolute atomic E-state index is 13.0. The number of allylic oxidation sites excluding steroid dienone is 1. The zero-order chi connectivity index (χ0) is 11.1. The molecule has 0 aliphatic heterocycles. The van der Waals surface area contributed by atoms with Crippen molar-refractivity contribution in [2.24, 2.45) is 0 Å². The van der Waals surface area contributed by atoms with Crippen molar-refractivity contribution >= 4 is 0 Å². The summed E-state index contributed by atoms with van der Waals surface area (Å²) in [6.45, 7) is 3.69. The molecule has 0 radical (unpaired) electrons. The van der Waals surface area contributed by atoms with Gasteiger partial charge in [-0.15, -0.1) is 6.58 Å². The molecule has 1 N–H and O–H groups in total. The van der Waals surface area contributed by atoms with Gasteiger partial charge in [-0.2, -0.15) is 0 Å². The second kappa shape index (κ2) is 6.36. The van der Waals surface area contributed by atoms with Crippen LogP contribution in [-0.2, 0) is 0 Å². The predicted molar refractivity (Wildman–Crippen MR) is 62.2 cm³/mol. The van der Waals surface area contributed by atoms with Crippen molar-refractivity contribution in [3.05, 3.63) is 48.3 Å². The third-order valence-electron chi connectivity index (χ3n) is 2.50. The number of nitrogens with one attached hydrogen (secondary N) is 1. The molecule has 82 valence electrons. The Kier molecular flexibility index (Phi) is 5.05. The molecular weight excluding hydrogens is 189 g/mol. The van der Waals surface area contributed by atoms with Gasteiger partial charge in [0.15, 0.2) is 0 Å². The molecule has 1 aromatic carbocycles. The van der Waals surface area contributed by atoms with Crippen LogP contribution in [0.5, 0.6) is 0 Å². The Morgan fingerprint density at radius 3 is 2.93 bits per heavy atom. The number of halogens is 1. The fraction of sp³-hybridized carbons (Fsp3) is 0.385. The summed E-state index contributed by atoms with van der Waals surface area (Å²) >= 11 is 0. The second-order valence-electron chi connectivity index (χ2n) is 3.62. The Morgan fingerprint density at radius 2 is 2.33 bits per heavy atom. The maximum Gasteiger partial charge on any atom is 0.123 e. The summed E-state index contributed by atoms with van der Waals surface area (Å²) in [4.78, 5) is 0. The zero-order valence-corrected chi connectivity index (χ0v) is 9.17. The van der Waals surface area contributed by atoms with E-state index in [0.29, 0.717) is 0 Å². The zero-order valence-electron chi connectivity index (χ0n) is 9.17. The molecule has 1 aromatic rings. The maximum atomic E-state index is 13.0. The highest BCUT2D eigenvalue weighted by atomic mass is 19.1. The molecule has 0 amide bonds. The van der Waals surface area contributed by atoms with Crippen LogP contribution in [0, 0.1) is 5.82 Å². The summed E-state index contributed by atoms with van der Waals surface area (Å²) in [6, 6.07) is 7.01. The number of benzene rings is 1. The van der Waals surface area contributed by atoms with Crippen molar-refractivity contribution in [3.63, 3.8) is 0 Å². The van der Waals surface area contributed by atoms with Crippen LogP contribution in [-0.4, -0.2) is 7.05 Å². The third-order valence-corrected chi connectivity index (χ3v) is 2.50. The van der Waals surface area contributed by atoms with Gasteiger partial charge >= 0.3 is 0 Å². The third kappa shape index (κ3) is 3.84. The molecule has 1 atom stereocenters. The quantitative estimate of drug-likeness (QED) is 0.556. The topological polar surface area (TPSA) is 12.0 Å². The van der Waals surface area contributed by atoms with Crippen LogP contribution in [0.4, 0.5) is 4.39 Å². The molecule has 0 saturated heterocycles. The first-order valence-electron chi connectivity index (χ1n) is 5.31. The van der Waals surface area contributed by atoms with Crippen molar-refractivity contribution in [2.75, 3.05) is 7.05 Å². The SMILES string of the molecule is C=CCCCC(NC)c1cccc(F)c1. The Hall–Kier alpha value is -1.15. The summed E-state index contributed by atoms with van der Waals surface area (Å²) in [5, 5.41) is 3.20. The van der Waals surface area contributed by atoms with E-state index < -0.39 is 0 Å². The van der Waals surface area contributed by atoms with Gasteiger partial charge in [0, 0.05) is 6.04 Å². The van der Waals surface area contributed by atoms with E-state index >= 15 is 0 Å². The Balaban J connectivity index is 2.61. The number of hydrogen-bond donors (Lipinski definition) is 1. The van der Waals surface area contributed by atoms with Gasteiger partial charge in [0.25, 0.3) is 0 Å². The number of rotatable bonds is 6. The van der Waals surface area contributed by atoms with E-state index in [1.807, 2.05) is 19.2 Å². The standard InChI is InChI=1S/C13H18FN/c1-3-4-5-9-13(15-2)11-7-6-8-12(14)10-11/h3,6-8,10,13,15H,1,4-5,9H2,2H3. The van der Waals surface area contributed by atoms with Crippen molar-refractivity contribution in [1.82, 2.24) is 5.32 Å². The van der Waals surface area contributed by atoms with Crippen molar-refractivity contribution in [3.8, 4) is 0 Å². The lowest BCUT2D eigenvalue weighted by Crippen LogP contribution is -2.16. The minimum absolute atomic E-state index is 0.170. The van der Waals surface area contributed by atoms with Crippen LogP contribution in [0.3, 0.4) is 0 Å². The second-order valence-corrected chi connectivity index (χ2v) is 3.62. The average molecular weight is 207 g/mol. The van der Waals surface area contributed by atoms with E-state index in [1.54, 1.807) is 12.1 Å². The van der Waals surface area contributed by atoms with Crippen LogP contribution in [0.1, 0.15) is 30.9 Å². The van der Waals surface area contributed by atoms with Crippen LogP contribution >= 0.6 is 0 Å². The summed E-state index contributed by atoms with van der Waals surface area (Å²) in [5.41, 5.74) is 1.02. The molecule has 0 spiro atoms. The molecule has 0 aliphatic carbocycles. The monoisotopic (exact) mass is 207 g/mol. The predicted octanol–water partition coefficient (Wildman–Crippen LogP) is 3.44. The van der Waals surface area contributed by atoms with E-state index in [4.69, 9.17) is 0 Å². The van der Waals surface area contributed by atoms with Crippen LogP contribution in [0.25, 0.3) is 0 Å². The lowest BCUT2D eigenvalue weighted by atomic mass is 10.0. The van der Waals surface area contributed by atoms with E-state index in [-0.39, 0.29) is 11.9 Å². The fourth-order valence-corrected chi connectivity index (χ4v) is 1.67. The Morgan fingerprint density at radius 1 is 1.53 bits per heavy atom. The molecule has 0 aliphatic rings. The lowest BCUT2D eigenvalue weighted by Gasteiger charge is -2.16. The summed E-state index contributed by atoms with van der Waals surface area (Å²) in [6.07, 6.45) is 5.00. The van der Waals surface area contributed by atoms with Gasteiger partial charge in [0.1, 0.15) is 5.82 Å². The highest BCUT2D eigenvalue weighted by molar-refractivity contribution is 5.20. The Labute approximate surface area is 91.0 Å². The molecule has 1 nitrogen and oxygen atoms in total. The van der Waals surface area contributed by atoms with Gasteiger partial charge < -0.3 is 5.32 Å². The van der Waals surface area contributed by atoms with Crippen LogP contribution in [0.2, 0.25) is 0 Å². The van der Waals surface area contributed by atoms with Gasteiger partial charge in [-0.1, -0.05) is 18.2 Å². The highest BCUT2D eigenvalue weighted by Gasteiger charge is 2.08. The highest BCUT2D eigenvalue weighted by Crippen LogP contribution is 2.19. The van der Waals surface area contributed by atoms with Gasteiger partial charge in [-0.25, -0.2) is 4.39 Å². The average Bonchev–Trinajstić information content (AvgIpc) is 2.24. The van der Waals surface area contributed by atoms with E-state index in [1.165, 1.54) is 6.07 Å². The molecule has 15 heavy (non-hydrogen) atoms. The van der Waals surface area contributed by atoms with Gasteiger partial charge in [0.05, 0.1) is 0 Å². The fourth-order valence-electron chi connectivity index (χ4n) is 1.67. The molecule has 1 unspecified atom stereocenters. The first-order valence-corrected chi connectivity index (χ1v) is 5.31. The Bertz CT molecular complexity index is 309. The van der Waals surface area contributed by atoms with Crippen LogP contribution in [0.15, 0.2) is 36.9 Å². The number of unbranched alkanes of at least 4 members (excludes halogenated alkanes) is 1. The molecule has 0 heterocycles. The van der Waals surface area contributed by atoms with Gasteiger partial charge in [-0.3, -0.25) is 0 Å². The van der Waals surface area contributed by atoms with E-state index in [9.17, 15) is 4.39 Å². The first-order chi connectivity index (χ1) is 7.27. The van der Waals surface area contributed by atoms with E-state index in [0.717, 1.165) is 24.8 Å². The molecule has 2 heteroatoms. The molecule has 0 bridgehead atoms. The molecule has 0 aromatic heterocycles. The summed E-state index contributed by atoms with van der Waals surface area (Å²) < 4.78 is 13.0. The molecule has 1 rings (SSSR count). The van der Waals surface area contributed by atoms with Crippen molar-refractivity contribution < 1.29 is 4.39 Å². The lowest BCUT2D eigenvalue weighted by molar-refractivity contribution is 0.525. The summed E-state index contributed by atoms with van der Waals surface area (Å²) in [5.74, 6) is -0.170. The van der Waals surface area contributed by atoms with Crippen LogP contribution < -0.4 is 5.32 Å². The smallest absolute Gasteiger partial charge is 0.123 e. The minimum Gasteiger partial charge on any atom is -0.313 e.